The average molecular weight is 277 g/mol. The first-order chi connectivity index (χ1) is 7.88. The van der Waals surface area contributed by atoms with Crippen molar-refractivity contribution < 1.29 is 8.42 Å². The number of halogens is 1. The molecule has 1 aromatic rings. The van der Waals surface area contributed by atoms with Crippen LogP contribution in [0.5, 0.6) is 0 Å². The second kappa shape index (κ2) is 4.61. The summed E-state index contributed by atoms with van der Waals surface area (Å²) in [7, 11) is 1.59. The molecule has 2 unspecified atom stereocenters. The van der Waals surface area contributed by atoms with Gasteiger partial charge in [0.1, 0.15) is 5.82 Å². The molecule has 1 aliphatic rings. The molecule has 0 amide bonds. The van der Waals surface area contributed by atoms with E-state index < -0.39 is 9.05 Å². The van der Waals surface area contributed by atoms with E-state index in [-0.39, 0.29) is 5.03 Å². The van der Waals surface area contributed by atoms with Gasteiger partial charge in [0, 0.05) is 22.9 Å². The third kappa shape index (κ3) is 2.83. The zero-order chi connectivity index (χ0) is 12.6. The summed E-state index contributed by atoms with van der Waals surface area (Å²) >= 11 is 0. The fraction of sp³-hybridized carbons (Fsp3) is 0.727. The summed E-state index contributed by atoms with van der Waals surface area (Å²) in [5.41, 5.74) is 0. The summed E-state index contributed by atoms with van der Waals surface area (Å²) in [5, 5.41) is -0.0325. The molecule has 4 nitrogen and oxygen atoms in total. The molecule has 0 radical (unpaired) electrons. The first-order valence-electron chi connectivity index (χ1n) is 5.88. The maximum Gasteiger partial charge on any atom is 0.280 e. The highest BCUT2D eigenvalue weighted by molar-refractivity contribution is 8.13. The van der Waals surface area contributed by atoms with E-state index in [1.807, 2.05) is 11.5 Å². The van der Waals surface area contributed by atoms with Crippen LogP contribution in [0.25, 0.3) is 0 Å². The van der Waals surface area contributed by atoms with Gasteiger partial charge in [-0.2, -0.15) is 0 Å². The minimum absolute atomic E-state index is 0.0325. The molecule has 0 bridgehead atoms. The minimum atomic E-state index is -3.72. The lowest BCUT2D eigenvalue weighted by molar-refractivity contribution is 0.279. The lowest BCUT2D eigenvalue weighted by Gasteiger charge is -2.28. The van der Waals surface area contributed by atoms with Crippen LogP contribution in [0.3, 0.4) is 0 Å². The van der Waals surface area contributed by atoms with E-state index in [2.05, 4.69) is 11.9 Å². The Balaban J connectivity index is 2.30. The molecule has 1 saturated carbocycles. The molecule has 0 aliphatic heterocycles. The number of imidazole rings is 1. The highest BCUT2D eigenvalue weighted by atomic mass is 35.7. The zero-order valence-corrected chi connectivity index (χ0v) is 11.6. The highest BCUT2D eigenvalue weighted by Gasteiger charge is 2.24. The molecule has 0 spiro atoms. The summed E-state index contributed by atoms with van der Waals surface area (Å²) in [6.45, 7) is 4.06. The lowest BCUT2D eigenvalue weighted by atomic mass is 9.87. The van der Waals surface area contributed by atoms with Crippen LogP contribution in [-0.2, 0) is 9.05 Å². The largest absolute Gasteiger partial charge is 0.331 e. The van der Waals surface area contributed by atoms with E-state index in [1.165, 1.54) is 12.8 Å². The van der Waals surface area contributed by atoms with Crippen molar-refractivity contribution in [2.75, 3.05) is 0 Å². The second-order valence-corrected chi connectivity index (χ2v) is 7.41. The summed E-state index contributed by atoms with van der Waals surface area (Å²) in [5.74, 6) is 1.41. The lowest BCUT2D eigenvalue weighted by Crippen LogP contribution is -2.18. The number of rotatable bonds is 2. The van der Waals surface area contributed by atoms with Crippen molar-refractivity contribution in [2.45, 2.75) is 50.6 Å². The molecule has 2 rings (SSSR count). The van der Waals surface area contributed by atoms with Crippen molar-refractivity contribution in [1.29, 1.82) is 0 Å². The van der Waals surface area contributed by atoms with Gasteiger partial charge < -0.3 is 4.57 Å². The van der Waals surface area contributed by atoms with Crippen LogP contribution in [0.1, 0.15) is 44.5 Å². The van der Waals surface area contributed by atoms with Gasteiger partial charge in [-0.15, -0.1) is 0 Å². The molecule has 0 aromatic carbocycles. The average Bonchev–Trinajstić information content (AvgIpc) is 2.60. The normalized spacial score (nSPS) is 26.1. The Hall–Kier alpha value is -0.550. The third-order valence-corrected chi connectivity index (χ3v) is 4.62. The number of hydrogen-bond acceptors (Lipinski definition) is 3. The topological polar surface area (TPSA) is 52.0 Å². The van der Waals surface area contributed by atoms with Crippen LogP contribution in [0.2, 0.25) is 0 Å². The fourth-order valence-electron chi connectivity index (χ4n) is 2.60. The van der Waals surface area contributed by atoms with Crippen molar-refractivity contribution >= 4 is 19.7 Å². The van der Waals surface area contributed by atoms with E-state index in [4.69, 9.17) is 10.7 Å². The van der Waals surface area contributed by atoms with Gasteiger partial charge in [-0.1, -0.05) is 19.8 Å². The first kappa shape index (κ1) is 12.9. The SMILES string of the molecule is Cc1nc(S(=O)(=O)Cl)cn1C1CCCC(C)C1. The molecular formula is C11H17ClN2O2S. The minimum Gasteiger partial charge on any atom is -0.331 e. The molecule has 96 valence electrons. The van der Waals surface area contributed by atoms with Crippen molar-refractivity contribution in [1.82, 2.24) is 9.55 Å². The van der Waals surface area contributed by atoms with Gasteiger partial charge in [0.05, 0.1) is 0 Å². The Bertz CT molecular complexity index is 510. The monoisotopic (exact) mass is 276 g/mol. The van der Waals surface area contributed by atoms with Crippen LogP contribution in [0.4, 0.5) is 0 Å². The Morgan fingerprint density at radius 2 is 2.18 bits per heavy atom. The number of aromatic nitrogens is 2. The first-order valence-corrected chi connectivity index (χ1v) is 8.19. The summed E-state index contributed by atoms with van der Waals surface area (Å²) in [6.07, 6.45) is 6.18. The van der Waals surface area contributed by atoms with Gasteiger partial charge in [0.15, 0.2) is 5.03 Å². The Morgan fingerprint density at radius 3 is 2.71 bits per heavy atom. The molecule has 1 heterocycles. The van der Waals surface area contributed by atoms with E-state index in [0.717, 1.165) is 18.7 Å². The van der Waals surface area contributed by atoms with Gasteiger partial charge in [-0.05, 0) is 25.7 Å². The Morgan fingerprint density at radius 1 is 1.47 bits per heavy atom. The molecular weight excluding hydrogens is 260 g/mol. The molecule has 17 heavy (non-hydrogen) atoms. The van der Waals surface area contributed by atoms with E-state index >= 15 is 0 Å². The fourth-order valence-corrected chi connectivity index (χ4v) is 3.30. The molecule has 1 fully saturated rings. The molecule has 2 atom stereocenters. The summed E-state index contributed by atoms with van der Waals surface area (Å²) < 4.78 is 24.4. The number of hydrogen-bond donors (Lipinski definition) is 0. The molecule has 0 saturated heterocycles. The van der Waals surface area contributed by atoms with E-state index in [9.17, 15) is 8.42 Å². The standard InChI is InChI=1S/C11H17ClN2O2S/c1-8-4-3-5-10(6-8)14-7-11(13-9(14)2)17(12,15)16/h7-8,10H,3-6H2,1-2H3. The predicted molar refractivity (Wildman–Crippen MR) is 66.7 cm³/mol. The van der Waals surface area contributed by atoms with Crippen LogP contribution >= 0.6 is 10.7 Å². The van der Waals surface area contributed by atoms with Crippen LogP contribution in [0, 0.1) is 12.8 Å². The van der Waals surface area contributed by atoms with Crippen molar-refractivity contribution in [2.24, 2.45) is 5.92 Å². The predicted octanol–water partition coefficient (Wildman–Crippen LogP) is 2.87. The van der Waals surface area contributed by atoms with Crippen LogP contribution in [-0.4, -0.2) is 18.0 Å². The molecule has 1 aromatic heterocycles. The maximum atomic E-state index is 11.2. The van der Waals surface area contributed by atoms with Crippen molar-refractivity contribution in [3.05, 3.63) is 12.0 Å². The van der Waals surface area contributed by atoms with Gasteiger partial charge in [0.25, 0.3) is 9.05 Å². The number of nitrogens with zero attached hydrogens (tertiary/aromatic N) is 2. The smallest absolute Gasteiger partial charge is 0.280 e. The Labute approximate surface area is 106 Å². The van der Waals surface area contributed by atoms with Gasteiger partial charge in [-0.3, -0.25) is 0 Å². The highest BCUT2D eigenvalue weighted by Crippen LogP contribution is 2.33. The van der Waals surface area contributed by atoms with E-state index in [0.29, 0.717) is 12.0 Å². The Kier molecular flexibility index (Phi) is 3.50. The van der Waals surface area contributed by atoms with Crippen molar-refractivity contribution in [3.8, 4) is 0 Å². The van der Waals surface area contributed by atoms with Gasteiger partial charge in [-0.25, -0.2) is 13.4 Å². The molecule has 6 heteroatoms. The van der Waals surface area contributed by atoms with Crippen LogP contribution in [0.15, 0.2) is 11.2 Å². The summed E-state index contributed by atoms with van der Waals surface area (Å²) in [6, 6.07) is 0.360. The molecule has 1 aliphatic carbocycles. The maximum absolute atomic E-state index is 11.2. The second-order valence-electron chi connectivity index (χ2n) is 4.90. The number of aryl methyl sites for hydroxylation is 1. The third-order valence-electron chi connectivity index (χ3n) is 3.45. The quantitative estimate of drug-likeness (QED) is 0.781. The molecule has 0 N–H and O–H groups in total. The van der Waals surface area contributed by atoms with Gasteiger partial charge in [0.2, 0.25) is 0 Å². The van der Waals surface area contributed by atoms with Crippen molar-refractivity contribution in [3.63, 3.8) is 0 Å². The van der Waals surface area contributed by atoms with E-state index in [1.54, 1.807) is 6.20 Å². The summed E-state index contributed by atoms with van der Waals surface area (Å²) in [4.78, 5) is 4.03. The van der Waals surface area contributed by atoms with Gasteiger partial charge >= 0.3 is 0 Å². The van der Waals surface area contributed by atoms with Crippen LogP contribution < -0.4 is 0 Å². The zero-order valence-electron chi connectivity index (χ0n) is 10.1.